The summed E-state index contributed by atoms with van der Waals surface area (Å²) >= 11 is 0. The number of benzene rings is 1. The van der Waals surface area contributed by atoms with E-state index in [1.807, 2.05) is 0 Å². The van der Waals surface area contributed by atoms with Crippen LogP contribution in [0.25, 0.3) is 5.69 Å². The average molecular weight is 579 g/mol. The van der Waals surface area contributed by atoms with E-state index in [4.69, 9.17) is 9.47 Å². The molecule has 3 aliphatic heterocycles. The van der Waals surface area contributed by atoms with Gasteiger partial charge in [0.15, 0.2) is 5.82 Å². The van der Waals surface area contributed by atoms with Crippen LogP contribution >= 0.6 is 0 Å². The fraction of sp³-hybridized carbons (Fsp3) is 0.571. The van der Waals surface area contributed by atoms with Crippen LogP contribution in [0.5, 0.6) is 5.75 Å². The molecule has 0 radical (unpaired) electrons. The minimum Gasteiger partial charge on any atom is -0.488 e. The molecule has 0 amide bonds. The summed E-state index contributed by atoms with van der Waals surface area (Å²) in [5, 5.41) is 23.9. The minimum atomic E-state index is -0.629. The van der Waals surface area contributed by atoms with Crippen LogP contribution in [0.4, 0.5) is 21.8 Å². The molecular weight excluding hydrogens is 543 g/mol. The highest BCUT2D eigenvalue weighted by Crippen LogP contribution is 2.39. The highest BCUT2D eigenvalue weighted by atomic mass is 19.1. The summed E-state index contributed by atoms with van der Waals surface area (Å²) in [7, 11) is 1.48. The molecule has 2 aromatic heterocycles. The van der Waals surface area contributed by atoms with Crippen molar-refractivity contribution >= 4 is 17.5 Å². The first-order valence-electron chi connectivity index (χ1n) is 14.4. The van der Waals surface area contributed by atoms with Crippen molar-refractivity contribution in [3.63, 3.8) is 0 Å². The van der Waals surface area contributed by atoms with Crippen molar-refractivity contribution in [3.05, 3.63) is 40.2 Å². The highest BCUT2D eigenvalue weighted by Gasteiger charge is 2.43. The topological polar surface area (TPSA) is 148 Å². The lowest BCUT2D eigenvalue weighted by atomic mass is 9.84. The molecule has 222 valence electrons. The summed E-state index contributed by atoms with van der Waals surface area (Å²) in [6.07, 6.45) is 6.72. The van der Waals surface area contributed by atoms with Crippen LogP contribution in [0.1, 0.15) is 57.9 Å². The Hall–Kier alpha value is -4.09. The van der Waals surface area contributed by atoms with Crippen LogP contribution in [0.15, 0.2) is 23.1 Å². The molecule has 3 fully saturated rings. The predicted molar refractivity (Wildman–Crippen MR) is 152 cm³/mol. The Bertz CT molecular complexity index is 1560. The number of piperidine rings is 1. The number of nitrogens with zero attached hydrogens (tertiary/aromatic N) is 8. The number of nitriles is 1. The Morgan fingerprint density at radius 1 is 1.21 bits per heavy atom. The summed E-state index contributed by atoms with van der Waals surface area (Å²) in [6.45, 7) is 6.71. The molecule has 3 saturated heterocycles. The highest BCUT2D eigenvalue weighted by molar-refractivity contribution is 5.64. The van der Waals surface area contributed by atoms with Crippen LogP contribution in [0, 0.1) is 17.1 Å². The first-order valence-corrected chi connectivity index (χ1v) is 14.4. The Balaban J connectivity index is 1.29. The van der Waals surface area contributed by atoms with E-state index in [1.54, 1.807) is 0 Å². The van der Waals surface area contributed by atoms with Crippen molar-refractivity contribution < 1.29 is 13.9 Å². The maximum Gasteiger partial charge on any atom is 0.368 e. The minimum absolute atomic E-state index is 0.0120. The fourth-order valence-corrected chi connectivity index (χ4v) is 6.40. The lowest BCUT2D eigenvalue weighted by molar-refractivity contribution is 0.0254. The van der Waals surface area contributed by atoms with E-state index in [-0.39, 0.29) is 40.8 Å². The van der Waals surface area contributed by atoms with Crippen LogP contribution in [0.2, 0.25) is 0 Å². The van der Waals surface area contributed by atoms with Crippen molar-refractivity contribution in [3.8, 4) is 17.5 Å². The van der Waals surface area contributed by atoms with Crippen molar-refractivity contribution in [1.29, 1.82) is 5.26 Å². The standard InChI is InChI=1S/C28H35FN10O3/c1-28(2)14-18(11-19-5-4-8-38(19)28)32-25-17(15-30)16-31-26(34-25)33-22-13-23(39-27(40)37(3)35-36-39)24(12-21(22)29)42-20-6-9-41-10-7-20/h12-13,16,18-20H,4-11,14H2,1-3H3,(H2,31,32,33,34). The van der Waals surface area contributed by atoms with Gasteiger partial charge in [-0.15, -0.1) is 0 Å². The third kappa shape index (κ3) is 5.54. The molecule has 5 heterocycles. The molecule has 0 bridgehead atoms. The zero-order valence-electron chi connectivity index (χ0n) is 24.0. The monoisotopic (exact) mass is 578 g/mol. The molecule has 2 atom stereocenters. The van der Waals surface area contributed by atoms with E-state index in [2.05, 4.69) is 55.8 Å². The molecule has 2 unspecified atom stereocenters. The van der Waals surface area contributed by atoms with Gasteiger partial charge in [0.05, 0.1) is 25.1 Å². The quantitative estimate of drug-likeness (QED) is 0.426. The number of rotatable bonds is 7. The largest absolute Gasteiger partial charge is 0.488 e. The zero-order valence-corrected chi connectivity index (χ0v) is 24.0. The van der Waals surface area contributed by atoms with Gasteiger partial charge < -0.3 is 20.1 Å². The number of hydrogen-bond donors (Lipinski definition) is 2. The maximum absolute atomic E-state index is 15.5. The van der Waals surface area contributed by atoms with Gasteiger partial charge in [-0.25, -0.2) is 14.2 Å². The van der Waals surface area contributed by atoms with Gasteiger partial charge in [-0.2, -0.15) is 19.6 Å². The average Bonchev–Trinajstić information content (AvgIpc) is 3.58. The summed E-state index contributed by atoms with van der Waals surface area (Å²) < 4.78 is 29.1. The Morgan fingerprint density at radius 3 is 2.76 bits per heavy atom. The van der Waals surface area contributed by atoms with Gasteiger partial charge in [0.25, 0.3) is 0 Å². The summed E-state index contributed by atoms with van der Waals surface area (Å²) in [5.74, 6) is 0.0306. The maximum atomic E-state index is 15.5. The lowest BCUT2D eigenvalue weighted by Crippen LogP contribution is -2.55. The molecule has 13 nitrogen and oxygen atoms in total. The number of aryl methyl sites for hydroxylation is 1. The van der Waals surface area contributed by atoms with E-state index >= 15 is 4.39 Å². The molecule has 14 heteroatoms. The van der Waals surface area contributed by atoms with E-state index in [9.17, 15) is 10.1 Å². The smallest absolute Gasteiger partial charge is 0.368 e. The molecule has 3 aromatic rings. The van der Waals surface area contributed by atoms with Gasteiger partial charge in [0.1, 0.15) is 35.0 Å². The molecule has 1 aromatic carbocycles. The van der Waals surface area contributed by atoms with Crippen molar-refractivity contribution in [1.82, 2.24) is 34.7 Å². The number of nitrogens with one attached hydrogen (secondary N) is 2. The van der Waals surface area contributed by atoms with Gasteiger partial charge in [-0.3, -0.25) is 4.90 Å². The SMILES string of the molecule is Cn1nnn(-c2cc(Nc3ncc(C#N)c(NC4CC5CCCN5C(C)(C)C4)n3)c(F)cc2OC2CCOCC2)c1=O. The number of tetrazole rings is 1. The molecule has 42 heavy (non-hydrogen) atoms. The molecule has 2 N–H and O–H groups in total. The number of halogens is 1. The second-order valence-electron chi connectivity index (χ2n) is 11.8. The number of fused-ring (bicyclic) bond motifs is 1. The number of aromatic nitrogens is 6. The fourth-order valence-electron chi connectivity index (χ4n) is 6.40. The normalized spacial score (nSPS) is 22.4. The van der Waals surface area contributed by atoms with E-state index in [1.165, 1.54) is 31.8 Å². The van der Waals surface area contributed by atoms with E-state index < -0.39 is 11.5 Å². The Morgan fingerprint density at radius 2 is 2.02 bits per heavy atom. The number of hydrogen-bond acceptors (Lipinski definition) is 11. The van der Waals surface area contributed by atoms with Crippen LogP contribution in [0.3, 0.4) is 0 Å². The Kier molecular flexibility index (Phi) is 7.54. The van der Waals surface area contributed by atoms with Crippen molar-refractivity contribution in [2.45, 2.75) is 76.1 Å². The summed E-state index contributed by atoms with van der Waals surface area (Å²) in [5.41, 5.74) is 0.0603. The van der Waals surface area contributed by atoms with E-state index in [0.717, 1.165) is 35.2 Å². The molecule has 0 spiro atoms. The van der Waals surface area contributed by atoms with Gasteiger partial charge in [-0.05, 0) is 62.6 Å². The van der Waals surface area contributed by atoms with E-state index in [0.29, 0.717) is 43.5 Å². The third-order valence-corrected chi connectivity index (χ3v) is 8.41. The number of anilines is 3. The first kappa shape index (κ1) is 28.0. The van der Waals surface area contributed by atoms with Crippen molar-refractivity contribution in [2.75, 3.05) is 30.4 Å². The summed E-state index contributed by atoms with van der Waals surface area (Å²) in [6, 6.07) is 5.42. The van der Waals surface area contributed by atoms with Crippen LogP contribution in [-0.4, -0.2) is 78.1 Å². The lowest BCUT2D eigenvalue weighted by Gasteiger charge is -2.47. The van der Waals surface area contributed by atoms with Gasteiger partial charge in [0, 0.05) is 43.6 Å². The van der Waals surface area contributed by atoms with Crippen LogP contribution < -0.4 is 21.1 Å². The van der Waals surface area contributed by atoms with Crippen LogP contribution in [-0.2, 0) is 11.8 Å². The number of ether oxygens (including phenoxy) is 2. The molecule has 6 rings (SSSR count). The van der Waals surface area contributed by atoms with Crippen molar-refractivity contribution in [2.24, 2.45) is 7.05 Å². The van der Waals surface area contributed by atoms with Gasteiger partial charge in [-0.1, -0.05) is 0 Å². The molecule has 0 aliphatic carbocycles. The molecule has 0 saturated carbocycles. The molecular formula is C28H35FN10O3. The third-order valence-electron chi connectivity index (χ3n) is 8.41. The second-order valence-corrected chi connectivity index (χ2v) is 11.8. The predicted octanol–water partition coefficient (Wildman–Crippen LogP) is 2.89. The van der Waals surface area contributed by atoms with Gasteiger partial charge >= 0.3 is 5.69 Å². The zero-order chi connectivity index (χ0) is 29.4. The summed E-state index contributed by atoms with van der Waals surface area (Å²) in [4.78, 5) is 24.1. The molecule has 3 aliphatic rings. The second kappa shape index (κ2) is 11.3. The Labute approximate surface area is 242 Å². The van der Waals surface area contributed by atoms with Gasteiger partial charge in [0.2, 0.25) is 5.95 Å². The first-order chi connectivity index (χ1) is 20.2.